The Morgan fingerprint density at radius 2 is 1.03 bits per heavy atom. The third-order valence-electron chi connectivity index (χ3n) is 6.70. The second-order valence-electron chi connectivity index (χ2n) is 10.3. The molecular weight excluding hydrogens is 454 g/mol. The Bertz CT molecular complexity index is 1670. The average Bonchev–Trinajstić information content (AvgIpc) is 3.27. The molecule has 176 valence electrons. The molecule has 0 saturated heterocycles. The summed E-state index contributed by atoms with van der Waals surface area (Å²) < 4.78 is 2.68. The number of anilines is 2. The van der Waals surface area contributed by atoms with Crippen LogP contribution in [-0.2, 0) is 0 Å². The minimum atomic E-state index is -0.0958. The van der Waals surface area contributed by atoms with Gasteiger partial charge in [-0.15, -0.1) is 11.3 Å². The summed E-state index contributed by atoms with van der Waals surface area (Å²) in [5, 5.41) is 2.67. The molecule has 0 fully saturated rings. The van der Waals surface area contributed by atoms with Gasteiger partial charge in [-0.25, -0.2) is 0 Å². The van der Waals surface area contributed by atoms with E-state index in [1.54, 1.807) is 0 Å². The van der Waals surface area contributed by atoms with E-state index in [1.165, 1.54) is 53.8 Å². The molecule has 1 heterocycles. The lowest BCUT2D eigenvalue weighted by atomic mass is 9.98. The fourth-order valence-electron chi connectivity index (χ4n) is 5.11. The van der Waals surface area contributed by atoms with Crippen LogP contribution >= 0.6 is 11.3 Å². The van der Waals surface area contributed by atoms with E-state index in [-0.39, 0.29) is 5.54 Å². The van der Waals surface area contributed by atoms with Crippen LogP contribution in [-0.4, -0.2) is 5.54 Å². The van der Waals surface area contributed by atoms with Gasteiger partial charge < -0.3 is 4.90 Å². The average molecular weight is 484 g/mol. The molecule has 5 aromatic carbocycles. The van der Waals surface area contributed by atoms with Crippen molar-refractivity contribution in [1.82, 2.24) is 0 Å². The Morgan fingerprint density at radius 1 is 0.472 bits per heavy atom. The van der Waals surface area contributed by atoms with Crippen molar-refractivity contribution in [2.24, 2.45) is 0 Å². The van der Waals surface area contributed by atoms with Gasteiger partial charge in [0.15, 0.2) is 0 Å². The van der Waals surface area contributed by atoms with Gasteiger partial charge in [-0.2, -0.15) is 0 Å². The van der Waals surface area contributed by atoms with Gasteiger partial charge in [0.1, 0.15) is 0 Å². The summed E-state index contributed by atoms with van der Waals surface area (Å²) in [5.41, 5.74) is 7.24. The largest absolute Gasteiger partial charge is 0.336 e. The molecule has 6 rings (SSSR count). The summed E-state index contributed by atoms with van der Waals surface area (Å²) in [6.45, 7) is 6.83. The van der Waals surface area contributed by atoms with Gasteiger partial charge >= 0.3 is 0 Å². The van der Waals surface area contributed by atoms with Gasteiger partial charge in [0.05, 0.1) is 0 Å². The first-order valence-electron chi connectivity index (χ1n) is 12.4. The van der Waals surface area contributed by atoms with Crippen LogP contribution < -0.4 is 4.90 Å². The van der Waals surface area contributed by atoms with E-state index in [2.05, 4.69) is 147 Å². The van der Waals surface area contributed by atoms with Gasteiger partial charge in [-0.05, 0) is 85.5 Å². The van der Waals surface area contributed by atoms with E-state index in [1.807, 2.05) is 11.3 Å². The molecular formula is C34H29NS. The van der Waals surface area contributed by atoms with Crippen LogP contribution in [0.4, 0.5) is 11.4 Å². The van der Waals surface area contributed by atoms with Crippen LogP contribution in [0.2, 0.25) is 0 Å². The number of hydrogen-bond acceptors (Lipinski definition) is 2. The fourth-order valence-corrected chi connectivity index (χ4v) is 6.20. The maximum Gasteiger partial charge on any atom is 0.0422 e. The van der Waals surface area contributed by atoms with Crippen LogP contribution in [0.15, 0.2) is 121 Å². The SMILES string of the molecule is CC(C)(C)N(c1cccc(-c2ccccc2)c1)c1cccc(-c2ccc3sc4ccccc4c3c2)c1. The van der Waals surface area contributed by atoms with E-state index >= 15 is 0 Å². The van der Waals surface area contributed by atoms with Crippen molar-refractivity contribution in [2.45, 2.75) is 26.3 Å². The molecule has 6 aromatic rings. The molecule has 0 amide bonds. The van der Waals surface area contributed by atoms with Crippen molar-refractivity contribution in [2.75, 3.05) is 4.90 Å². The zero-order chi connectivity index (χ0) is 24.7. The highest BCUT2D eigenvalue weighted by Gasteiger charge is 2.24. The number of thiophene rings is 1. The van der Waals surface area contributed by atoms with E-state index < -0.39 is 0 Å². The summed E-state index contributed by atoms with van der Waals surface area (Å²) in [6, 6.07) is 44.0. The second-order valence-corrected chi connectivity index (χ2v) is 11.4. The van der Waals surface area contributed by atoms with Crippen LogP contribution in [0.25, 0.3) is 42.4 Å². The van der Waals surface area contributed by atoms with E-state index in [0.717, 1.165) is 0 Å². The standard InChI is InChI=1S/C34H29NS/c1-34(2,3)35(28-15-9-13-25(21-28)24-11-5-4-6-12-24)29-16-10-14-26(22-29)27-19-20-33-31(23-27)30-17-7-8-18-32(30)36-33/h4-23H,1-3H3. The summed E-state index contributed by atoms with van der Waals surface area (Å²) >= 11 is 1.87. The molecule has 0 unspecified atom stereocenters. The van der Waals surface area contributed by atoms with Crippen molar-refractivity contribution in [3.63, 3.8) is 0 Å². The number of nitrogens with zero attached hydrogens (tertiary/aromatic N) is 1. The maximum atomic E-state index is 2.45. The van der Waals surface area contributed by atoms with Gasteiger partial charge in [-0.1, -0.05) is 78.9 Å². The Morgan fingerprint density at radius 3 is 1.72 bits per heavy atom. The maximum absolute atomic E-state index is 2.45. The number of hydrogen-bond donors (Lipinski definition) is 0. The van der Waals surface area contributed by atoms with Crippen LogP contribution in [0.1, 0.15) is 20.8 Å². The van der Waals surface area contributed by atoms with Crippen molar-refractivity contribution >= 4 is 42.9 Å². The summed E-state index contributed by atoms with van der Waals surface area (Å²) in [4.78, 5) is 2.45. The predicted molar refractivity (Wildman–Crippen MR) is 159 cm³/mol. The molecule has 0 aliphatic rings. The molecule has 0 spiro atoms. The highest BCUT2D eigenvalue weighted by atomic mass is 32.1. The lowest BCUT2D eigenvalue weighted by Gasteiger charge is -2.38. The van der Waals surface area contributed by atoms with Gasteiger partial charge in [0, 0.05) is 37.1 Å². The summed E-state index contributed by atoms with van der Waals surface area (Å²) in [7, 11) is 0. The number of fused-ring (bicyclic) bond motifs is 3. The Kier molecular flexibility index (Phi) is 5.62. The molecule has 0 bridgehead atoms. The Hall–Kier alpha value is -3.88. The lowest BCUT2D eigenvalue weighted by molar-refractivity contribution is 0.560. The number of rotatable bonds is 4. The first-order chi connectivity index (χ1) is 17.5. The smallest absolute Gasteiger partial charge is 0.0422 e. The fraction of sp³-hybridized carbons (Fsp3) is 0.118. The third-order valence-corrected chi connectivity index (χ3v) is 7.85. The quantitative estimate of drug-likeness (QED) is 0.241. The van der Waals surface area contributed by atoms with Crippen LogP contribution in [0, 0.1) is 0 Å². The molecule has 0 radical (unpaired) electrons. The van der Waals surface area contributed by atoms with E-state index in [0.29, 0.717) is 0 Å². The molecule has 0 saturated carbocycles. The highest BCUT2D eigenvalue weighted by molar-refractivity contribution is 7.25. The second kappa shape index (κ2) is 8.96. The molecule has 1 nitrogen and oxygen atoms in total. The van der Waals surface area contributed by atoms with Gasteiger partial charge in [0.25, 0.3) is 0 Å². The van der Waals surface area contributed by atoms with Crippen LogP contribution in [0.5, 0.6) is 0 Å². The topological polar surface area (TPSA) is 3.24 Å². The normalized spacial score (nSPS) is 11.8. The molecule has 2 heteroatoms. The molecule has 0 N–H and O–H groups in total. The molecule has 0 aliphatic heterocycles. The van der Waals surface area contributed by atoms with Crippen LogP contribution in [0.3, 0.4) is 0 Å². The summed E-state index contributed by atoms with van der Waals surface area (Å²) in [6.07, 6.45) is 0. The van der Waals surface area contributed by atoms with Gasteiger partial charge in [-0.3, -0.25) is 0 Å². The minimum Gasteiger partial charge on any atom is -0.336 e. The molecule has 36 heavy (non-hydrogen) atoms. The van der Waals surface area contributed by atoms with Crippen molar-refractivity contribution in [3.05, 3.63) is 121 Å². The zero-order valence-electron chi connectivity index (χ0n) is 20.9. The third kappa shape index (κ3) is 4.19. The Labute approximate surface area is 217 Å². The zero-order valence-corrected chi connectivity index (χ0v) is 21.7. The predicted octanol–water partition coefficient (Wildman–Crippen LogP) is 10.3. The lowest BCUT2D eigenvalue weighted by Crippen LogP contribution is -2.37. The van der Waals surface area contributed by atoms with Crippen molar-refractivity contribution in [3.8, 4) is 22.3 Å². The summed E-state index contributed by atoms with van der Waals surface area (Å²) in [5.74, 6) is 0. The van der Waals surface area contributed by atoms with Gasteiger partial charge in [0.2, 0.25) is 0 Å². The van der Waals surface area contributed by atoms with Crippen molar-refractivity contribution in [1.29, 1.82) is 0 Å². The highest BCUT2D eigenvalue weighted by Crippen LogP contribution is 2.39. The Balaban J connectivity index is 1.44. The molecule has 0 atom stereocenters. The molecule has 0 aliphatic carbocycles. The van der Waals surface area contributed by atoms with E-state index in [4.69, 9.17) is 0 Å². The minimum absolute atomic E-state index is 0.0958. The molecule has 1 aromatic heterocycles. The number of benzene rings is 5. The monoisotopic (exact) mass is 483 g/mol. The first kappa shape index (κ1) is 22.6. The first-order valence-corrected chi connectivity index (χ1v) is 13.3. The van der Waals surface area contributed by atoms with E-state index in [9.17, 15) is 0 Å². The van der Waals surface area contributed by atoms with Crippen molar-refractivity contribution < 1.29 is 0 Å².